The summed E-state index contributed by atoms with van der Waals surface area (Å²) in [5.74, 6) is 2.32. The van der Waals surface area contributed by atoms with Crippen molar-refractivity contribution in [3.05, 3.63) is 34.4 Å². The molecule has 0 spiro atoms. The summed E-state index contributed by atoms with van der Waals surface area (Å²) in [6, 6.07) is 0. The third-order valence-electron chi connectivity index (χ3n) is 3.42. The highest BCUT2D eigenvalue weighted by atomic mass is 32.2. The lowest BCUT2D eigenvalue weighted by Crippen LogP contribution is -2.18. The van der Waals surface area contributed by atoms with E-state index in [1.165, 1.54) is 16.9 Å². The number of rotatable bonds is 2. The fourth-order valence-corrected chi connectivity index (χ4v) is 3.57. The second-order valence-electron chi connectivity index (χ2n) is 4.31. The normalized spacial score (nSPS) is 24.7. The van der Waals surface area contributed by atoms with Gasteiger partial charge in [-0.25, -0.2) is 0 Å². The molecule has 1 aliphatic heterocycles. The van der Waals surface area contributed by atoms with Gasteiger partial charge < -0.3 is 10.4 Å². The minimum atomic E-state index is 0.616. The van der Waals surface area contributed by atoms with Crippen molar-refractivity contribution in [2.75, 3.05) is 13.0 Å². The van der Waals surface area contributed by atoms with Crippen molar-refractivity contribution in [1.29, 1.82) is 0 Å². The third kappa shape index (κ3) is 4.73. The number of hydrogen-bond donors (Lipinski definition) is 2. The molecule has 2 N–H and O–H groups in total. The van der Waals surface area contributed by atoms with Crippen LogP contribution in [0.25, 0.3) is 0 Å². The number of hydrogen-bond acceptors (Lipinski definition) is 3. The molecule has 0 aromatic heterocycles. The molecule has 3 heteroatoms. The first-order valence-electron chi connectivity index (χ1n) is 7.12. The Labute approximate surface area is 123 Å². The summed E-state index contributed by atoms with van der Waals surface area (Å²) < 4.78 is 0. The van der Waals surface area contributed by atoms with Crippen molar-refractivity contribution in [3.8, 4) is 0 Å². The van der Waals surface area contributed by atoms with Crippen molar-refractivity contribution >= 4 is 11.8 Å². The van der Waals surface area contributed by atoms with Gasteiger partial charge in [-0.2, -0.15) is 0 Å². The Morgan fingerprint density at radius 2 is 1.95 bits per heavy atom. The molecule has 0 saturated carbocycles. The van der Waals surface area contributed by atoms with Crippen LogP contribution in [-0.4, -0.2) is 18.1 Å². The Kier molecular flexibility index (Phi) is 9.80. The highest BCUT2D eigenvalue weighted by molar-refractivity contribution is 8.03. The maximum absolute atomic E-state index is 7.00. The summed E-state index contributed by atoms with van der Waals surface area (Å²) in [5, 5.41) is 10.3. The van der Waals surface area contributed by atoms with Crippen molar-refractivity contribution in [3.63, 3.8) is 0 Å². The van der Waals surface area contributed by atoms with E-state index in [0.717, 1.165) is 13.0 Å². The largest absolute Gasteiger partial charge is 0.400 e. The Morgan fingerprint density at radius 1 is 1.32 bits per heavy atom. The van der Waals surface area contributed by atoms with Gasteiger partial charge in [-0.3, -0.25) is 0 Å². The molecule has 0 amide bonds. The minimum Gasteiger partial charge on any atom is -0.400 e. The second-order valence-corrected chi connectivity index (χ2v) is 5.36. The van der Waals surface area contributed by atoms with E-state index in [1.807, 2.05) is 25.6 Å². The molecule has 2 atom stereocenters. The van der Waals surface area contributed by atoms with Gasteiger partial charge in [0.1, 0.15) is 0 Å². The zero-order chi connectivity index (χ0) is 14.8. The standard InChI is InChI=1S/C13H19NS.C2H6.CH4O/c1-4-11-6-5-9(2)13(10(11)3)12-7-14-8-15-12;2*1-2/h5-7,10,13-14H,4,8H2,1-3H3;1-2H3;2H,1H3. The molecule has 0 radical (unpaired) electrons. The molecular formula is C16H29NOS. The summed E-state index contributed by atoms with van der Waals surface area (Å²) in [6.07, 6.45) is 7.97. The van der Waals surface area contributed by atoms with Crippen LogP contribution in [0.5, 0.6) is 0 Å². The molecular weight excluding hydrogens is 254 g/mol. The lowest BCUT2D eigenvalue weighted by molar-refractivity contribution is 0.399. The summed E-state index contributed by atoms with van der Waals surface area (Å²) in [5.41, 5.74) is 3.08. The minimum absolute atomic E-state index is 0.616. The summed E-state index contributed by atoms with van der Waals surface area (Å²) in [7, 11) is 1.00. The highest BCUT2D eigenvalue weighted by Crippen LogP contribution is 2.42. The maximum Gasteiger partial charge on any atom is 0.0649 e. The Hall–Kier alpha value is -0.670. The first-order valence-corrected chi connectivity index (χ1v) is 8.10. The van der Waals surface area contributed by atoms with Crippen LogP contribution in [0.15, 0.2) is 34.4 Å². The van der Waals surface area contributed by atoms with E-state index in [1.54, 1.807) is 5.57 Å². The number of thioether (sulfide) groups is 1. The number of aliphatic hydroxyl groups is 1. The SMILES string of the molecule is CC.CCC1=CC=C(C)C(C2=CNCS2)C1C.CO. The number of allylic oxidation sites excluding steroid dienone is 5. The number of aliphatic hydroxyl groups excluding tert-OH is 1. The van der Waals surface area contributed by atoms with Crippen LogP contribution >= 0.6 is 11.8 Å². The van der Waals surface area contributed by atoms with Gasteiger partial charge in [-0.15, -0.1) is 11.8 Å². The molecule has 19 heavy (non-hydrogen) atoms. The molecule has 0 aromatic rings. The Balaban J connectivity index is 0.000000741. The smallest absolute Gasteiger partial charge is 0.0649 e. The van der Waals surface area contributed by atoms with Crippen molar-refractivity contribution in [2.45, 2.75) is 41.0 Å². The van der Waals surface area contributed by atoms with Crippen LogP contribution in [0.1, 0.15) is 41.0 Å². The van der Waals surface area contributed by atoms with E-state index in [-0.39, 0.29) is 0 Å². The van der Waals surface area contributed by atoms with Gasteiger partial charge in [-0.1, -0.05) is 51.0 Å². The van der Waals surface area contributed by atoms with Gasteiger partial charge in [-0.05, 0) is 19.3 Å². The van der Waals surface area contributed by atoms with Gasteiger partial charge in [0.25, 0.3) is 0 Å². The molecule has 2 nitrogen and oxygen atoms in total. The summed E-state index contributed by atoms with van der Waals surface area (Å²) in [6.45, 7) is 10.9. The molecule has 0 aromatic carbocycles. The van der Waals surface area contributed by atoms with E-state index < -0.39 is 0 Å². The molecule has 1 heterocycles. The maximum atomic E-state index is 7.00. The molecule has 2 rings (SSSR count). The predicted molar refractivity (Wildman–Crippen MR) is 88.0 cm³/mol. The first kappa shape index (κ1) is 18.3. The van der Waals surface area contributed by atoms with Crippen LogP contribution in [0.3, 0.4) is 0 Å². The lowest BCUT2D eigenvalue weighted by atomic mass is 9.78. The van der Waals surface area contributed by atoms with E-state index in [9.17, 15) is 0 Å². The van der Waals surface area contributed by atoms with Crippen molar-refractivity contribution in [1.82, 2.24) is 5.32 Å². The monoisotopic (exact) mass is 283 g/mol. The summed E-state index contributed by atoms with van der Waals surface area (Å²) >= 11 is 1.95. The van der Waals surface area contributed by atoms with E-state index >= 15 is 0 Å². The molecule has 110 valence electrons. The highest BCUT2D eigenvalue weighted by Gasteiger charge is 2.28. The van der Waals surface area contributed by atoms with E-state index in [4.69, 9.17) is 5.11 Å². The van der Waals surface area contributed by atoms with Gasteiger partial charge in [0, 0.05) is 24.1 Å². The van der Waals surface area contributed by atoms with E-state index in [2.05, 4.69) is 44.4 Å². The van der Waals surface area contributed by atoms with Crippen LogP contribution in [0, 0.1) is 11.8 Å². The van der Waals surface area contributed by atoms with Crippen LogP contribution < -0.4 is 5.32 Å². The quantitative estimate of drug-likeness (QED) is 0.792. The molecule has 0 bridgehead atoms. The third-order valence-corrected chi connectivity index (χ3v) is 4.43. The van der Waals surface area contributed by atoms with Gasteiger partial charge in [0.05, 0.1) is 5.88 Å². The molecule has 0 fully saturated rings. The zero-order valence-electron chi connectivity index (χ0n) is 13.2. The molecule has 1 aliphatic carbocycles. The molecule has 2 unspecified atom stereocenters. The first-order chi connectivity index (χ1) is 9.24. The van der Waals surface area contributed by atoms with Crippen LogP contribution in [0.2, 0.25) is 0 Å². The lowest BCUT2D eigenvalue weighted by Gasteiger charge is -2.30. The fourth-order valence-electron chi connectivity index (χ4n) is 2.50. The average Bonchev–Trinajstić information content (AvgIpc) is 2.97. The van der Waals surface area contributed by atoms with Crippen LogP contribution in [0.4, 0.5) is 0 Å². The van der Waals surface area contributed by atoms with Crippen molar-refractivity contribution < 1.29 is 5.11 Å². The van der Waals surface area contributed by atoms with Crippen molar-refractivity contribution in [2.24, 2.45) is 11.8 Å². The predicted octanol–water partition coefficient (Wildman–Crippen LogP) is 4.31. The fraction of sp³-hybridized carbons (Fsp3) is 0.625. The van der Waals surface area contributed by atoms with Gasteiger partial charge >= 0.3 is 0 Å². The average molecular weight is 283 g/mol. The van der Waals surface area contributed by atoms with Gasteiger partial charge in [0.15, 0.2) is 0 Å². The summed E-state index contributed by atoms with van der Waals surface area (Å²) in [4.78, 5) is 1.51. The van der Waals surface area contributed by atoms with Gasteiger partial charge in [0.2, 0.25) is 0 Å². The van der Waals surface area contributed by atoms with E-state index in [0.29, 0.717) is 11.8 Å². The Bertz CT molecular complexity index is 345. The number of nitrogens with one attached hydrogen (secondary N) is 1. The zero-order valence-corrected chi connectivity index (χ0v) is 14.0. The topological polar surface area (TPSA) is 32.3 Å². The Morgan fingerprint density at radius 3 is 2.42 bits per heavy atom. The molecule has 0 saturated heterocycles. The van der Waals surface area contributed by atoms with Crippen LogP contribution in [-0.2, 0) is 0 Å². The molecule has 2 aliphatic rings. The second kappa shape index (κ2) is 10.2.